The fraction of sp³-hybridized carbons (Fsp3) is 0.333. The van der Waals surface area contributed by atoms with Gasteiger partial charge in [0.1, 0.15) is 5.82 Å². The Bertz CT molecular complexity index is 761. The number of carbonyl (C=O) groups is 2. The number of benzene rings is 2. The van der Waals surface area contributed by atoms with Gasteiger partial charge in [-0.3, -0.25) is 9.59 Å². The molecule has 4 nitrogen and oxygen atoms in total. The van der Waals surface area contributed by atoms with E-state index in [0.717, 1.165) is 18.4 Å². The van der Waals surface area contributed by atoms with Crippen LogP contribution in [0.3, 0.4) is 0 Å². The van der Waals surface area contributed by atoms with Crippen LogP contribution >= 0.6 is 0 Å². The largest absolute Gasteiger partial charge is 0.349 e. The molecule has 136 valence electrons. The predicted molar refractivity (Wildman–Crippen MR) is 98.0 cm³/mol. The number of nitrogens with one attached hydrogen (secondary N) is 1. The summed E-state index contributed by atoms with van der Waals surface area (Å²) in [6, 6.07) is 15.3. The average Bonchev–Trinajstić information content (AvgIpc) is 2.68. The molecule has 0 unspecified atom stereocenters. The third kappa shape index (κ3) is 4.28. The van der Waals surface area contributed by atoms with Crippen molar-refractivity contribution in [3.63, 3.8) is 0 Å². The zero-order valence-electron chi connectivity index (χ0n) is 14.8. The topological polar surface area (TPSA) is 49.4 Å². The molecule has 1 saturated heterocycles. The van der Waals surface area contributed by atoms with E-state index in [1.807, 2.05) is 37.3 Å². The number of rotatable bonds is 4. The van der Waals surface area contributed by atoms with E-state index < -0.39 is 0 Å². The Morgan fingerprint density at radius 2 is 1.81 bits per heavy atom. The van der Waals surface area contributed by atoms with Gasteiger partial charge in [-0.1, -0.05) is 30.3 Å². The number of carbonyl (C=O) groups excluding carboxylic acids is 2. The summed E-state index contributed by atoms with van der Waals surface area (Å²) < 4.78 is 13.0. The van der Waals surface area contributed by atoms with Crippen LogP contribution in [0, 0.1) is 11.7 Å². The molecule has 2 amide bonds. The number of nitrogens with zero attached hydrogens (tertiary/aromatic N) is 1. The molecular weight excluding hydrogens is 331 g/mol. The summed E-state index contributed by atoms with van der Waals surface area (Å²) in [5.74, 6) is -0.775. The van der Waals surface area contributed by atoms with Crippen LogP contribution in [0.1, 0.15) is 41.7 Å². The second kappa shape index (κ2) is 8.13. The van der Waals surface area contributed by atoms with Crippen LogP contribution in [-0.2, 0) is 4.79 Å². The Balaban J connectivity index is 1.61. The lowest BCUT2D eigenvalue weighted by Crippen LogP contribution is -2.45. The molecule has 0 aromatic heterocycles. The number of halogens is 1. The summed E-state index contributed by atoms with van der Waals surface area (Å²) in [6.45, 7) is 2.97. The van der Waals surface area contributed by atoms with E-state index in [0.29, 0.717) is 18.7 Å². The maximum Gasteiger partial charge on any atom is 0.253 e. The molecule has 0 aliphatic carbocycles. The monoisotopic (exact) mass is 354 g/mol. The van der Waals surface area contributed by atoms with Gasteiger partial charge >= 0.3 is 0 Å². The molecule has 2 aromatic rings. The zero-order chi connectivity index (χ0) is 18.5. The SMILES string of the molecule is C[C@@H](NC(=O)[C@H]1CCCN(C(=O)c2ccc(F)cc2)C1)c1ccccc1. The van der Waals surface area contributed by atoms with Crippen molar-refractivity contribution in [2.75, 3.05) is 13.1 Å². The lowest BCUT2D eigenvalue weighted by Gasteiger charge is -2.32. The first-order valence-corrected chi connectivity index (χ1v) is 8.95. The van der Waals surface area contributed by atoms with Crippen molar-refractivity contribution in [3.05, 3.63) is 71.5 Å². The Morgan fingerprint density at radius 3 is 2.50 bits per heavy atom. The summed E-state index contributed by atoms with van der Waals surface area (Å²) in [5, 5.41) is 3.05. The molecule has 0 spiro atoms. The van der Waals surface area contributed by atoms with E-state index in [1.54, 1.807) is 4.90 Å². The third-order valence-electron chi connectivity index (χ3n) is 4.83. The van der Waals surface area contributed by atoms with Gasteiger partial charge < -0.3 is 10.2 Å². The number of amides is 2. The molecule has 1 fully saturated rings. The van der Waals surface area contributed by atoms with Crippen LogP contribution in [0.2, 0.25) is 0 Å². The first kappa shape index (κ1) is 18.1. The van der Waals surface area contributed by atoms with Gasteiger partial charge in [0.15, 0.2) is 0 Å². The van der Waals surface area contributed by atoms with Crippen LogP contribution in [0.15, 0.2) is 54.6 Å². The molecule has 1 heterocycles. The quantitative estimate of drug-likeness (QED) is 0.913. The standard InChI is InChI=1S/C21H23FN2O2/c1-15(16-6-3-2-4-7-16)23-20(25)18-8-5-13-24(14-18)21(26)17-9-11-19(22)12-10-17/h2-4,6-7,9-12,15,18H,5,8,13-14H2,1H3,(H,23,25)/t15-,18+/m1/s1. The number of hydrogen-bond donors (Lipinski definition) is 1. The Morgan fingerprint density at radius 1 is 1.12 bits per heavy atom. The summed E-state index contributed by atoms with van der Waals surface area (Å²) >= 11 is 0. The van der Waals surface area contributed by atoms with E-state index in [4.69, 9.17) is 0 Å². The molecule has 1 aliphatic rings. The van der Waals surface area contributed by atoms with Crippen LogP contribution < -0.4 is 5.32 Å². The molecule has 26 heavy (non-hydrogen) atoms. The van der Waals surface area contributed by atoms with E-state index in [9.17, 15) is 14.0 Å². The van der Waals surface area contributed by atoms with Crippen molar-refractivity contribution in [2.45, 2.75) is 25.8 Å². The maximum atomic E-state index is 13.0. The van der Waals surface area contributed by atoms with E-state index in [1.165, 1.54) is 24.3 Å². The smallest absolute Gasteiger partial charge is 0.253 e. The molecule has 0 bridgehead atoms. The van der Waals surface area contributed by atoms with Gasteiger partial charge in [-0.15, -0.1) is 0 Å². The molecule has 1 N–H and O–H groups in total. The summed E-state index contributed by atoms with van der Waals surface area (Å²) in [6.07, 6.45) is 1.55. The zero-order valence-corrected chi connectivity index (χ0v) is 14.8. The highest BCUT2D eigenvalue weighted by Gasteiger charge is 2.29. The van der Waals surface area contributed by atoms with Crippen molar-refractivity contribution in [3.8, 4) is 0 Å². The highest BCUT2D eigenvalue weighted by molar-refractivity contribution is 5.94. The molecule has 2 atom stereocenters. The molecule has 0 radical (unpaired) electrons. The van der Waals surface area contributed by atoms with Crippen molar-refractivity contribution < 1.29 is 14.0 Å². The number of piperidine rings is 1. The second-order valence-electron chi connectivity index (χ2n) is 6.74. The van der Waals surface area contributed by atoms with Crippen molar-refractivity contribution in [2.24, 2.45) is 5.92 Å². The first-order valence-electron chi connectivity index (χ1n) is 8.95. The second-order valence-corrected chi connectivity index (χ2v) is 6.74. The van der Waals surface area contributed by atoms with Crippen LogP contribution in [-0.4, -0.2) is 29.8 Å². The Hall–Kier alpha value is -2.69. The number of hydrogen-bond acceptors (Lipinski definition) is 2. The molecule has 3 rings (SSSR count). The molecular formula is C21H23FN2O2. The van der Waals surface area contributed by atoms with E-state index in [-0.39, 0.29) is 29.6 Å². The van der Waals surface area contributed by atoms with Crippen molar-refractivity contribution in [1.82, 2.24) is 10.2 Å². The summed E-state index contributed by atoms with van der Waals surface area (Å²) in [7, 11) is 0. The normalized spacial score (nSPS) is 18.2. The number of likely N-dealkylation sites (tertiary alicyclic amines) is 1. The lowest BCUT2D eigenvalue weighted by atomic mass is 9.95. The van der Waals surface area contributed by atoms with Gasteiger partial charge in [-0.2, -0.15) is 0 Å². The minimum Gasteiger partial charge on any atom is -0.349 e. The lowest BCUT2D eigenvalue weighted by molar-refractivity contribution is -0.127. The van der Waals surface area contributed by atoms with Gasteiger partial charge in [0, 0.05) is 18.7 Å². The van der Waals surface area contributed by atoms with E-state index >= 15 is 0 Å². The highest BCUT2D eigenvalue weighted by atomic mass is 19.1. The molecule has 0 saturated carbocycles. The van der Waals surface area contributed by atoms with Gasteiger partial charge in [0.25, 0.3) is 5.91 Å². The predicted octanol–water partition coefficient (Wildman–Crippen LogP) is 3.56. The van der Waals surface area contributed by atoms with Crippen LogP contribution in [0.5, 0.6) is 0 Å². The van der Waals surface area contributed by atoms with E-state index in [2.05, 4.69) is 5.32 Å². The van der Waals surface area contributed by atoms with Crippen LogP contribution in [0.25, 0.3) is 0 Å². The van der Waals surface area contributed by atoms with Crippen molar-refractivity contribution >= 4 is 11.8 Å². The van der Waals surface area contributed by atoms with Gasteiger partial charge in [-0.25, -0.2) is 4.39 Å². The minimum absolute atomic E-state index is 0.0297. The van der Waals surface area contributed by atoms with Gasteiger partial charge in [-0.05, 0) is 49.6 Å². The Kier molecular flexibility index (Phi) is 5.66. The fourth-order valence-corrected chi connectivity index (χ4v) is 3.31. The molecule has 2 aromatic carbocycles. The third-order valence-corrected chi connectivity index (χ3v) is 4.83. The maximum absolute atomic E-state index is 13.0. The Labute approximate surface area is 153 Å². The average molecular weight is 354 g/mol. The van der Waals surface area contributed by atoms with Crippen LogP contribution in [0.4, 0.5) is 4.39 Å². The van der Waals surface area contributed by atoms with Crippen molar-refractivity contribution in [1.29, 1.82) is 0 Å². The molecule has 1 aliphatic heterocycles. The summed E-state index contributed by atoms with van der Waals surface area (Å²) in [5.41, 5.74) is 1.50. The minimum atomic E-state index is -0.368. The first-order chi connectivity index (χ1) is 12.5. The summed E-state index contributed by atoms with van der Waals surface area (Å²) in [4.78, 5) is 26.9. The fourth-order valence-electron chi connectivity index (χ4n) is 3.31. The van der Waals surface area contributed by atoms with Gasteiger partial charge in [0.2, 0.25) is 5.91 Å². The molecule has 5 heteroatoms. The highest BCUT2D eigenvalue weighted by Crippen LogP contribution is 2.21. The van der Waals surface area contributed by atoms with Gasteiger partial charge in [0.05, 0.1) is 12.0 Å².